The third-order valence-electron chi connectivity index (χ3n) is 6.55. The molecule has 42 heavy (non-hydrogen) atoms. The van der Waals surface area contributed by atoms with Gasteiger partial charge in [0.05, 0.1) is 17.5 Å². The summed E-state index contributed by atoms with van der Waals surface area (Å²) in [5, 5.41) is 14.9. The molecule has 0 aliphatic carbocycles. The van der Waals surface area contributed by atoms with E-state index >= 15 is 0 Å². The summed E-state index contributed by atoms with van der Waals surface area (Å²) < 4.78 is 16.6. The zero-order valence-electron chi connectivity index (χ0n) is 22.3. The van der Waals surface area contributed by atoms with Gasteiger partial charge in [0.1, 0.15) is 16.5 Å². The molecule has 1 unspecified atom stereocenters. The fourth-order valence-corrected chi connectivity index (χ4v) is 6.26. The average Bonchev–Trinajstić information content (AvgIpc) is 3.69. The van der Waals surface area contributed by atoms with E-state index in [0.717, 1.165) is 21.7 Å². The van der Waals surface area contributed by atoms with Gasteiger partial charge in [0.15, 0.2) is 11.0 Å². The van der Waals surface area contributed by atoms with Crippen molar-refractivity contribution < 1.29 is 9.18 Å². The van der Waals surface area contributed by atoms with Gasteiger partial charge in [-0.3, -0.25) is 14.3 Å². The number of hydrogen-bond donors (Lipinski definition) is 1. The third kappa shape index (κ3) is 6.29. The number of carbonyl (C=O) groups excluding carboxylic acids is 1. The minimum absolute atomic E-state index is 0.203. The number of halogens is 1. The number of amides is 1. The predicted octanol–water partition coefficient (Wildman–Crippen LogP) is 6.93. The lowest BCUT2D eigenvalue weighted by molar-refractivity contribution is 0.0932. The van der Waals surface area contributed by atoms with E-state index in [4.69, 9.17) is 0 Å². The summed E-state index contributed by atoms with van der Waals surface area (Å²) in [5.41, 5.74) is 3.57. The highest BCUT2D eigenvalue weighted by molar-refractivity contribution is 7.98. The minimum atomic E-state index is -0.388. The highest BCUT2D eigenvalue weighted by Crippen LogP contribution is 2.31. The van der Waals surface area contributed by atoms with Crippen molar-refractivity contribution in [3.05, 3.63) is 142 Å². The van der Waals surface area contributed by atoms with E-state index in [-0.39, 0.29) is 17.8 Å². The Morgan fingerprint density at radius 2 is 1.69 bits per heavy atom. The zero-order valence-corrected chi connectivity index (χ0v) is 23.9. The van der Waals surface area contributed by atoms with Crippen molar-refractivity contribution in [1.29, 1.82) is 0 Å². The molecule has 0 spiro atoms. The number of nitrogens with zero attached hydrogens (tertiary/aromatic N) is 5. The van der Waals surface area contributed by atoms with Crippen LogP contribution >= 0.6 is 23.1 Å². The van der Waals surface area contributed by atoms with Gasteiger partial charge in [0.2, 0.25) is 0 Å². The second-order valence-corrected chi connectivity index (χ2v) is 11.3. The number of aromatic nitrogens is 5. The lowest BCUT2D eigenvalue weighted by Crippen LogP contribution is -2.30. The number of rotatable bonds is 10. The molecule has 0 aliphatic rings. The Bertz CT molecular complexity index is 1780. The van der Waals surface area contributed by atoms with Gasteiger partial charge in [-0.15, -0.1) is 21.5 Å². The second kappa shape index (κ2) is 12.9. The average molecular weight is 593 g/mol. The van der Waals surface area contributed by atoms with Gasteiger partial charge in [-0.1, -0.05) is 84.6 Å². The summed E-state index contributed by atoms with van der Waals surface area (Å²) in [5.74, 6) is 0.297. The Hall–Kier alpha value is -4.67. The van der Waals surface area contributed by atoms with E-state index in [2.05, 4.69) is 37.6 Å². The molecular weight excluding hydrogens is 568 g/mol. The summed E-state index contributed by atoms with van der Waals surface area (Å²) in [6, 6.07) is 30.0. The number of nitrogens with one attached hydrogen (secondary N) is 1. The predicted molar refractivity (Wildman–Crippen MR) is 163 cm³/mol. The molecule has 3 aromatic carbocycles. The van der Waals surface area contributed by atoms with Crippen LogP contribution in [-0.4, -0.2) is 30.6 Å². The molecule has 0 saturated heterocycles. The van der Waals surface area contributed by atoms with Crippen molar-refractivity contribution in [3.8, 4) is 17.1 Å². The van der Waals surface area contributed by atoms with Crippen molar-refractivity contribution in [2.75, 3.05) is 0 Å². The lowest BCUT2D eigenvalue weighted by atomic mass is 9.99. The SMILES string of the molecule is O=C(NC(Cc1ccccc1)c1ccccc1)c1csc(CSc2nnc(-c3cccnc3)n2-c2ccccc2F)n1. The van der Waals surface area contributed by atoms with Crippen molar-refractivity contribution in [1.82, 2.24) is 30.0 Å². The standard InChI is InChI=1S/C32H25FN6OS2/c33-25-15-7-8-16-28(25)39-30(24-14-9-17-34-19-24)37-38-32(39)42-21-29-35-27(20-41-29)31(40)36-26(23-12-5-2-6-13-23)18-22-10-3-1-4-11-22/h1-17,19-20,26H,18,21H2,(H,36,40). The molecule has 10 heteroatoms. The van der Waals surface area contributed by atoms with Gasteiger partial charge >= 0.3 is 0 Å². The van der Waals surface area contributed by atoms with Gasteiger partial charge in [0.25, 0.3) is 5.91 Å². The molecule has 0 saturated carbocycles. The van der Waals surface area contributed by atoms with E-state index in [1.807, 2.05) is 54.6 Å². The van der Waals surface area contributed by atoms with Crippen LogP contribution in [0.25, 0.3) is 17.1 Å². The van der Waals surface area contributed by atoms with Gasteiger partial charge in [-0.05, 0) is 41.8 Å². The van der Waals surface area contributed by atoms with Crippen LogP contribution in [0.5, 0.6) is 0 Å². The van der Waals surface area contributed by atoms with Gasteiger partial charge in [-0.25, -0.2) is 9.37 Å². The normalized spacial score (nSPS) is 11.7. The second-order valence-electron chi connectivity index (χ2n) is 9.38. The van der Waals surface area contributed by atoms with Crippen molar-refractivity contribution in [2.24, 2.45) is 0 Å². The quantitative estimate of drug-likeness (QED) is 0.174. The number of para-hydroxylation sites is 1. The van der Waals surface area contributed by atoms with Crippen LogP contribution in [0.2, 0.25) is 0 Å². The number of carbonyl (C=O) groups is 1. The number of pyridine rings is 1. The molecule has 0 radical (unpaired) electrons. The molecule has 1 N–H and O–H groups in total. The molecule has 0 aliphatic heterocycles. The first-order chi connectivity index (χ1) is 20.7. The molecule has 3 aromatic heterocycles. The molecule has 7 nitrogen and oxygen atoms in total. The molecule has 0 fully saturated rings. The Labute approximate surface area is 250 Å². The number of thiazole rings is 1. The van der Waals surface area contributed by atoms with E-state index in [0.29, 0.717) is 34.5 Å². The molecule has 6 aromatic rings. The van der Waals surface area contributed by atoms with Crippen LogP contribution in [0.1, 0.15) is 32.7 Å². The largest absolute Gasteiger partial charge is 0.344 e. The summed E-state index contributed by atoms with van der Waals surface area (Å²) >= 11 is 2.77. The summed E-state index contributed by atoms with van der Waals surface area (Å²) in [4.78, 5) is 22.1. The lowest BCUT2D eigenvalue weighted by Gasteiger charge is -2.19. The van der Waals surface area contributed by atoms with E-state index < -0.39 is 0 Å². The van der Waals surface area contributed by atoms with Crippen molar-refractivity contribution >= 4 is 29.0 Å². The highest BCUT2D eigenvalue weighted by Gasteiger charge is 2.21. The van der Waals surface area contributed by atoms with Crippen LogP contribution in [0, 0.1) is 5.82 Å². The molecular formula is C32H25FN6OS2. The Kier molecular flexibility index (Phi) is 8.43. The zero-order chi connectivity index (χ0) is 28.7. The van der Waals surface area contributed by atoms with E-state index in [1.54, 1.807) is 46.6 Å². The summed E-state index contributed by atoms with van der Waals surface area (Å²) in [6.07, 6.45) is 4.00. The number of hydrogen-bond acceptors (Lipinski definition) is 7. The first-order valence-corrected chi connectivity index (χ1v) is 15.1. The molecule has 3 heterocycles. The third-order valence-corrected chi connectivity index (χ3v) is 8.52. The molecule has 208 valence electrons. The molecule has 1 atom stereocenters. The first kappa shape index (κ1) is 27.5. The maximum absolute atomic E-state index is 14.9. The smallest absolute Gasteiger partial charge is 0.271 e. The van der Waals surface area contributed by atoms with Gasteiger partial charge < -0.3 is 5.32 Å². The van der Waals surface area contributed by atoms with Crippen molar-refractivity contribution in [2.45, 2.75) is 23.4 Å². The van der Waals surface area contributed by atoms with E-state index in [9.17, 15) is 9.18 Å². The van der Waals surface area contributed by atoms with Crippen LogP contribution < -0.4 is 5.32 Å². The highest BCUT2D eigenvalue weighted by atomic mass is 32.2. The maximum Gasteiger partial charge on any atom is 0.271 e. The summed E-state index contributed by atoms with van der Waals surface area (Å²) in [7, 11) is 0. The molecule has 1 amide bonds. The molecule has 0 bridgehead atoms. The molecule has 6 rings (SSSR count). The van der Waals surface area contributed by atoms with Crippen LogP contribution in [0.15, 0.2) is 120 Å². The summed E-state index contributed by atoms with van der Waals surface area (Å²) in [6.45, 7) is 0. The fraction of sp³-hybridized carbons (Fsp3) is 0.0938. The topological polar surface area (TPSA) is 85.6 Å². The Balaban J connectivity index is 1.20. The monoisotopic (exact) mass is 592 g/mol. The fourth-order valence-electron chi connectivity index (χ4n) is 4.52. The Morgan fingerprint density at radius 3 is 2.45 bits per heavy atom. The Morgan fingerprint density at radius 1 is 0.929 bits per heavy atom. The minimum Gasteiger partial charge on any atom is -0.344 e. The van der Waals surface area contributed by atoms with Crippen LogP contribution in [0.4, 0.5) is 4.39 Å². The van der Waals surface area contributed by atoms with Gasteiger partial charge in [0, 0.05) is 23.3 Å². The van der Waals surface area contributed by atoms with Crippen LogP contribution in [-0.2, 0) is 12.2 Å². The number of thioether (sulfide) groups is 1. The van der Waals surface area contributed by atoms with Gasteiger partial charge in [-0.2, -0.15) is 0 Å². The van der Waals surface area contributed by atoms with Crippen molar-refractivity contribution in [3.63, 3.8) is 0 Å². The number of benzene rings is 3. The first-order valence-electron chi connectivity index (χ1n) is 13.2. The van der Waals surface area contributed by atoms with E-state index in [1.165, 1.54) is 29.2 Å². The maximum atomic E-state index is 14.9. The van der Waals surface area contributed by atoms with Crippen LogP contribution in [0.3, 0.4) is 0 Å².